The third kappa shape index (κ3) is 9.13. The Kier molecular flexibility index (Phi) is 13.0. The molecule has 6 rings (SSSR count). The van der Waals surface area contributed by atoms with Gasteiger partial charge < -0.3 is 11.3 Å². The van der Waals surface area contributed by atoms with Crippen LogP contribution in [-0.4, -0.2) is 45.0 Å². The summed E-state index contributed by atoms with van der Waals surface area (Å²) in [6.45, 7) is -0.363. The van der Waals surface area contributed by atoms with Crippen molar-refractivity contribution in [1.29, 1.82) is 0 Å². The molecule has 210 valence electrons. The summed E-state index contributed by atoms with van der Waals surface area (Å²) in [6, 6.07) is 8.96. The van der Waals surface area contributed by atoms with E-state index in [9.17, 15) is 8.78 Å². The average Bonchev–Trinajstić information content (AvgIpc) is 2.98. The molecule has 0 spiro atoms. The van der Waals surface area contributed by atoms with Gasteiger partial charge in [0.1, 0.15) is 45.8 Å². The average molecular weight is 642 g/mol. The first kappa shape index (κ1) is 33.3. The van der Waals surface area contributed by atoms with Gasteiger partial charge in [-0.15, -0.1) is 0 Å². The molecule has 0 aliphatic heterocycles. The Hall–Kier alpha value is -3.23. The second-order valence-corrected chi connectivity index (χ2v) is 8.75. The van der Waals surface area contributed by atoms with Crippen molar-refractivity contribution in [3.05, 3.63) is 112 Å². The summed E-state index contributed by atoms with van der Waals surface area (Å²) in [5.41, 5.74) is 2.58. The molecule has 0 saturated carbocycles. The Bertz CT molecular complexity index is 1800. The number of aliphatic hydroxyl groups excluding tert-OH is 1. The molecule has 0 unspecified atom stereocenters. The molecule has 42 heavy (non-hydrogen) atoms. The van der Waals surface area contributed by atoms with Crippen LogP contribution in [0.4, 0.5) is 8.78 Å². The van der Waals surface area contributed by atoms with Crippen molar-refractivity contribution in [1.82, 2.24) is 39.9 Å². The maximum atomic E-state index is 13.4. The first-order valence-corrected chi connectivity index (χ1v) is 12.6. The maximum absolute atomic E-state index is 13.4. The van der Waals surface area contributed by atoms with Crippen LogP contribution in [0.3, 0.4) is 0 Å². The van der Waals surface area contributed by atoms with Crippen molar-refractivity contribution in [2.24, 2.45) is 0 Å². The van der Waals surface area contributed by atoms with E-state index in [-0.39, 0.29) is 66.6 Å². The van der Waals surface area contributed by atoms with E-state index >= 15 is 0 Å². The number of aromatic nitrogens is 8. The van der Waals surface area contributed by atoms with Gasteiger partial charge in [0.25, 0.3) is 0 Å². The van der Waals surface area contributed by atoms with Crippen molar-refractivity contribution in [2.75, 3.05) is 0 Å². The van der Waals surface area contributed by atoms with Gasteiger partial charge in [-0.05, 0) is 36.4 Å². The second-order valence-electron chi connectivity index (χ2n) is 7.65. The van der Waals surface area contributed by atoms with E-state index in [0.29, 0.717) is 32.4 Å². The van der Waals surface area contributed by atoms with Crippen LogP contribution in [0.25, 0.3) is 22.1 Å². The van der Waals surface area contributed by atoms with Crippen molar-refractivity contribution in [3.8, 4) is 5.88 Å². The van der Waals surface area contributed by atoms with Crippen molar-refractivity contribution >= 4 is 56.9 Å². The summed E-state index contributed by atoms with van der Waals surface area (Å²) in [5, 5.41) is 9.39. The van der Waals surface area contributed by atoms with E-state index in [2.05, 4.69) is 39.9 Å². The topological polar surface area (TPSA) is 133 Å². The molecule has 6 aromatic heterocycles. The maximum Gasteiger partial charge on any atom is 1.00 e. The minimum Gasteiger partial charge on any atom is -1.00 e. The van der Waals surface area contributed by atoms with Crippen LogP contribution in [0, 0.1) is 11.6 Å². The van der Waals surface area contributed by atoms with Gasteiger partial charge in [0.15, 0.2) is 10.3 Å². The van der Waals surface area contributed by atoms with Crippen LogP contribution in [0.2, 0.25) is 15.5 Å². The van der Waals surface area contributed by atoms with Crippen LogP contribution in [0.15, 0.2) is 73.6 Å². The Morgan fingerprint density at radius 2 is 1.24 bits per heavy atom. The van der Waals surface area contributed by atoms with Gasteiger partial charge in [-0.2, -0.15) is 0 Å². The number of nitrogens with zero attached hydrogens (tertiary/aromatic N) is 8. The zero-order valence-electron chi connectivity index (χ0n) is 22.7. The molecule has 0 aliphatic rings. The molecular formula is C26H18Cl3F2N8NaO2. The third-order valence-electron chi connectivity index (χ3n) is 4.95. The van der Waals surface area contributed by atoms with Gasteiger partial charge in [0.2, 0.25) is 5.88 Å². The van der Waals surface area contributed by atoms with Gasteiger partial charge in [-0.25, -0.2) is 38.7 Å². The smallest absolute Gasteiger partial charge is 1.00 e. The molecule has 1 N–H and O–H groups in total. The summed E-state index contributed by atoms with van der Waals surface area (Å²) in [4.78, 5) is 31.6. The Balaban J connectivity index is 0.000000241. The number of hydrogen-bond donors (Lipinski definition) is 1. The molecule has 6 aromatic rings. The number of aliphatic hydroxyl groups is 1. The van der Waals surface area contributed by atoms with Crippen molar-refractivity contribution < 1.29 is 49.6 Å². The van der Waals surface area contributed by atoms with E-state index in [1.54, 1.807) is 18.3 Å². The van der Waals surface area contributed by atoms with Crippen molar-refractivity contribution in [2.45, 2.75) is 13.2 Å². The van der Waals surface area contributed by atoms with E-state index in [1.165, 1.54) is 55.2 Å². The fraction of sp³-hybridized carbons (Fsp3) is 0.0769. The second kappa shape index (κ2) is 16.4. The summed E-state index contributed by atoms with van der Waals surface area (Å²) >= 11 is 17.3. The Labute approximate surface area is 276 Å². The molecular weight excluding hydrogens is 624 g/mol. The zero-order chi connectivity index (χ0) is 29.2. The minimum atomic E-state index is -0.458. The molecule has 0 fully saturated rings. The van der Waals surface area contributed by atoms with Crippen LogP contribution in [0.5, 0.6) is 5.88 Å². The fourth-order valence-corrected chi connectivity index (χ4v) is 3.60. The summed E-state index contributed by atoms with van der Waals surface area (Å²) in [7, 11) is 0. The molecule has 0 bridgehead atoms. The largest absolute Gasteiger partial charge is 1.00 e. The van der Waals surface area contributed by atoms with Crippen LogP contribution < -0.4 is 34.3 Å². The van der Waals surface area contributed by atoms with E-state index in [0.717, 1.165) is 0 Å². The SMILES string of the molecule is Clc1cnc2c(Cl)nccc2n1.Fc1cccnc1COc1cnc2c(Cl)nccc2n1.OCc1ncccc1F.[H-].[Na+]. The number of hydrogen-bond acceptors (Lipinski definition) is 10. The van der Waals surface area contributed by atoms with Gasteiger partial charge in [-0.1, -0.05) is 34.8 Å². The van der Waals surface area contributed by atoms with Gasteiger partial charge in [-0.3, -0.25) is 9.97 Å². The predicted octanol–water partition coefficient (Wildman–Crippen LogP) is 2.95. The zero-order valence-corrected chi connectivity index (χ0v) is 25.9. The normalized spacial score (nSPS) is 10.1. The van der Waals surface area contributed by atoms with E-state index in [4.69, 9.17) is 44.6 Å². The Morgan fingerprint density at radius 3 is 1.79 bits per heavy atom. The summed E-state index contributed by atoms with van der Waals surface area (Å²) in [5.74, 6) is -0.613. The number of rotatable bonds is 4. The molecule has 0 aliphatic carbocycles. The number of pyridine rings is 4. The van der Waals surface area contributed by atoms with E-state index < -0.39 is 11.6 Å². The Morgan fingerprint density at radius 1 is 0.690 bits per heavy atom. The molecule has 0 atom stereocenters. The van der Waals surface area contributed by atoms with Crippen LogP contribution >= 0.6 is 34.8 Å². The van der Waals surface area contributed by atoms with Crippen LogP contribution in [-0.2, 0) is 13.2 Å². The van der Waals surface area contributed by atoms with Gasteiger partial charge in [0.05, 0.1) is 30.0 Å². The standard InChI is InChI=1S/C13H8ClFN4O.C7H3Cl2N3.C6H6FNO.Na.H/c14-13-12-9(3-5-17-13)19-11(6-18-12)20-7-10-8(15)2-1-4-16-10;8-5-3-11-6-4(12-5)1-2-10-7(6)9;7-5-2-1-3-8-6(5)4-9;;/h1-6H,7H2;1-3H;1-3,9H,4H2;;/q;;;+1;-1. The van der Waals surface area contributed by atoms with Gasteiger partial charge in [0, 0.05) is 24.8 Å². The first-order chi connectivity index (χ1) is 19.9. The molecule has 10 nitrogen and oxygen atoms in total. The molecule has 0 aromatic carbocycles. The minimum absolute atomic E-state index is 0. The fourth-order valence-electron chi connectivity index (χ4n) is 3.06. The number of fused-ring (bicyclic) bond motifs is 2. The molecule has 16 heteroatoms. The van der Waals surface area contributed by atoms with Crippen LogP contribution in [0.1, 0.15) is 12.8 Å². The molecule has 0 radical (unpaired) electrons. The summed E-state index contributed by atoms with van der Waals surface area (Å²) < 4.78 is 31.1. The number of halogens is 5. The monoisotopic (exact) mass is 640 g/mol. The number of ether oxygens (including phenoxy) is 1. The molecule has 0 saturated heterocycles. The van der Waals surface area contributed by atoms with Gasteiger partial charge >= 0.3 is 29.6 Å². The van der Waals surface area contributed by atoms with E-state index in [1.807, 2.05) is 0 Å². The van der Waals surface area contributed by atoms with Crippen molar-refractivity contribution in [3.63, 3.8) is 0 Å². The summed E-state index contributed by atoms with van der Waals surface area (Å²) in [6.07, 6.45) is 8.89. The first-order valence-electron chi connectivity index (χ1n) is 11.5. The third-order valence-corrected chi connectivity index (χ3v) is 5.69. The molecule has 0 amide bonds. The quantitative estimate of drug-likeness (QED) is 0.226. The molecule has 6 heterocycles. The predicted molar refractivity (Wildman–Crippen MR) is 149 cm³/mol.